The molecular formula is C22H25N3O3. The van der Waals surface area contributed by atoms with Crippen LogP contribution in [-0.4, -0.2) is 55.9 Å². The molecule has 2 aromatic rings. The number of nitrogens with zero attached hydrogens (tertiary/aromatic N) is 3. The highest BCUT2D eigenvalue weighted by Gasteiger charge is 2.35. The van der Waals surface area contributed by atoms with Gasteiger partial charge in [0.2, 0.25) is 0 Å². The molecule has 2 aromatic carbocycles. The van der Waals surface area contributed by atoms with Crippen molar-refractivity contribution in [3.63, 3.8) is 0 Å². The predicted octanol–water partition coefficient (Wildman–Crippen LogP) is 2.52. The highest BCUT2D eigenvalue weighted by atomic mass is 16.5. The first kappa shape index (κ1) is 19.6. The molecule has 0 N–H and O–H groups in total. The van der Waals surface area contributed by atoms with Gasteiger partial charge in [0.25, 0.3) is 11.8 Å². The van der Waals surface area contributed by atoms with E-state index in [0.29, 0.717) is 30.2 Å². The Bertz CT molecular complexity index is 878. The number of amides is 2. The third kappa shape index (κ3) is 4.40. The lowest BCUT2D eigenvalue weighted by atomic mass is 10.2. The molecule has 2 amide bonds. The van der Waals surface area contributed by atoms with Gasteiger partial charge >= 0.3 is 0 Å². The Morgan fingerprint density at radius 1 is 0.964 bits per heavy atom. The number of carbonyl (C=O) groups is 2. The number of anilines is 1. The van der Waals surface area contributed by atoms with Crippen molar-refractivity contribution in [1.82, 2.24) is 9.80 Å². The Morgan fingerprint density at radius 2 is 1.71 bits per heavy atom. The number of hydrogen-bond donors (Lipinski definition) is 0. The van der Waals surface area contributed by atoms with E-state index in [-0.39, 0.29) is 11.8 Å². The lowest BCUT2D eigenvalue weighted by molar-refractivity contribution is -0.121. The molecule has 6 heteroatoms. The summed E-state index contributed by atoms with van der Waals surface area (Å²) in [6.45, 7) is 1.97. The largest absolute Gasteiger partial charge is 0.497 e. The van der Waals surface area contributed by atoms with Gasteiger partial charge in [0.05, 0.1) is 12.8 Å². The first-order valence-electron chi connectivity index (χ1n) is 9.17. The molecule has 0 saturated carbocycles. The van der Waals surface area contributed by atoms with Crippen LogP contribution in [0, 0.1) is 0 Å². The highest BCUT2D eigenvalue weighted by molar-refractivity contribution is 6.30. The molecule has 28 heavy (non-hydrogen) atoms. The number of rotatable bonds is 8. The smallest absolute Gasteiger partial charge is 0.281 e. The summed E-state index contributed by atoms with van der Waals surface area (Å²) >= 11 is 0. The first-order valence-corrected chi connectivity index (χ1v) is 9.17. The molecule has 0 unspecified atom stereocenters. The molecule has 0 fully saturated rings. The topological polar surface area (TPSA) is 53.1 Å². The second-order valence-corrected chi connectivity index (χ2v) is 6.92. The van der Waals surface area contributed by atoms with Crippen LogP contribution in [0.5, 0.6) is 5.75 Å². The summed E-state index contributed by atoms with van der Waals surface area (Å²) in [7, 11) is 5.53. The van der Waals surface area contributed by atoms with Crippen LogP contribution in [0.15, 0.2) is 66.4 Å². The molecule has 0 atom stereocenters. The van der Waals surface area contributed by atoms with Gasteiger partial charge in [0.1, 0.15) is 11.4 Å². The van der Waals surface area contributed by atoms with E-state index < -0.39 is 0 Å². The van der Waals surface area contributed by atoms with Crippen molar-refractivity contribution in [2.45, 2.75) is 6.54 Å². The lowest BCUT2D eigenvalue weighted by Gasteiger charge is -2.27. The van der Waals surface area contributed by atoms with Crippen LogP contribution < -0.4 is 9.64 Å². The molecular weight excluding hydrogens is 354 g/mol. The van der Waals surface area contributed by atoms with Crippen molar-refractivity contribution >= 4 is 17.5 Å². The van der Waals surface area contributed by atoms with Crippen molar-refractivity contribution in [1.29, 1.82) is 0 Å². The van der Waals surface area contributed by atoms with Gasteiger partial charge in [-0.25, -0.2) is 4.90 Å². The average Bonchev–Trinajstić information content (AvgIpc) is 3.00. The van der Waals surface area contributed by atoms with E-state index in [1.165, 1.54) is 11.0 Å². The summed E-state index contributed by atoms with van der Waals surface area (Å²) < 4.78 is 5.22. The van der Waals surface area contributed by atoms with E-state index in [2.05, 4.69) is 4.90 Å². The molecule has 0 aromatic heterocycles. The lowest BCUT2D eigenvalue weighted by Crippen LogP contribution is -2.37. The Labute approximate surface area is 165 Å². The third-order valence-corrected chi connectivity index (χ3v) is 4.59. The van der Waals surface area contributed by atoms with Gasteiger partial charge in [0, 0.05) is 31.8 Å². The van der Waals surface area contributed by atoms with Crippen LogP contribution in [0.3, 0.4) is 0 Å². The summed E-state index contributed by atoms with van der Waals surface area (Å²) in [5.74, 6) is -0.0515. The molecule has 0 bridgehead atoms. The van der Waals surface area contributed by atoms with E-state index in [4.69, 9.17) is 4.74 Å². The van der Waals surface area contributed by atoms with E-state index >= 15 is 0 Å². The maximum atomic E-state index is 13.1. The van der Waals surface area contributed by atoms with Gasteiger partial charge < -0.3 is 14.5 Å². The number of ether oxygens (including phenoxy) is 1. The number of hydrogen-bond acceptors (Lipinski definition) is 5. The number of likely N-dealkylation sites (N-methyl/N-ethyl adjacent to an activating group) is 1. The Kier molecular flexibility index (Phi) is 6.11. The fourth-order valence-corrected chi connectivity index (χ4v) is 3.09. The third-order valence-electron chi connectivity index (χ3n) is 4.59. The number of carbonyl (C=O) groups excluding carboxylic acids is 2. The minimum atomic E-state index is -0.337. The molecule has 0 saturated heterocycles. The Morgan fingerprint density at radius 3 is 2.39 bits per heavy atom. The second-order valence-electron chi connectivity index (χ2n) is 6.92. The fourth-order valence-electron chi connectivity index (χ4n) is 3.09. The van der Waals surface area contributed by atoms with Crippen LogP contribution >= 0.6 is 0 Å². The molecule has 0 radical (unpaired) electrons. The number of benzene rings is 2. The zero-order chi connectivity index (χ0) is 20.1. The Hall–Kier alpha value is -3.12. The standard InChI is InChI=1S/C22H25N3O3/c1-23(2)12-13-24(16-17-8-5-4-6-9-17)20-15-21(26)25(22(20)27)18-10-7-11-19(14-18)28-3/h4-11,14-15H,12-13,16H2,1-3H3. The van der Waals surface area contributed by atoms with E-state index in [1.807, 2.05) is 49.3 Å². The van der Waals surface area contributed by atoms with Crippen molar-refractivity contribution in [3.05, 3.63) is 71.9 Å². The van der Waals surface area contributed by atoms with E-state index in [9.17, 15) is 9.59 Å². The fraction of sp³-hybridized carbons (Fsp3) is 0.273. The van der Waals surface area contributed by atoms with Crippen molar-refractivity contribution in [2.75, 3.05) is 39.2 Å². The zero-order valence-electron chi connectivity index (χ0n) is 16.5. The van der Waals surface area contributed by atoms with Gasteiger partial charge in [-0.3, -0.25) is 9.59 Å². The van der Waals surface area contributed by atoms with E-state index in [1.54, 1.807) is 31.4 Å². The van der Waals surface area contributed by atoms with Crippen LogP contribution in [-0.2, 0) is 16.1 Å². The molecule has 146 valence electrons. The highest BCUT2D eigenvalue weighted by Crippen LogP contribution is 2.28. The molecule has 3 rings (SSSR count). The summed E-state index contributed by atoms with van der Waals surface area (Å²) in [5.41, 5.74) is 2.01. The predicted molar refractivity (Wildman–Crippen MR) is 109 cm³/mol. The minimum Gasteiger partial charge on any atom is -0.497 e. The number of imide groups is 1. The van der Waals surface area contributed by atoms with Crippen molar-refractivity contribution in [3.8, 4) is 5.75 Å². The second kappa shape index (κ2) is 8.71. The van der Waals surface area contributed by atoms with Crippen molar-refractivity contribution < 1.29 is 14.3 Å². The average molecular weight is 379 g/mol. The maximum Gasteiger partial charge on any atom is 0.281 e. The quantitative estimate of drug-likeness (QED) is 0.660. The van der Waals surface area contributed by atoms with Gasteiger partial charge in [-0.1, -0.05) is 36.4 Å². The monoisotopic (exact) mass is 379 g/mol. The first-order chi connectivity index (χ1) is 13.5. The molecule has 0 aliphatic carbocycles. The maximum absolute atomic E-state index is 13.1. The molecule has 1 aliphatic heterocycles. The van der Waals surface area contributed by atoms with Crippen LogP contribution in [0.25, 0.3) is 0 Å². The van der Waals surface area contributed by atoms with Gasteiger partial charge in [-0.15, -0.1) is 0 Å². The van der Waals surface area contributed by atoms with Gasteiger partial charge in [-0.05, 0) is 31.8 Å². The van der Waals surface area contributed by atoms with Crippen LogP contribution in [0.2, 0.25) is 0 Å². The van der Waals surface area contributed by atoms with Gasteiger partial charge in [0.15, 0.2) is 0 Å². The summed E-state index contributed by atoms with van der Waals surface area (Å²) in [6, 6.07) is 16.9. The number of methoxy groups -OCH3 is 1. The molecule has 0 spiro atoms. The van der Waals surface area contributed by atoms with E-state index in [0.717, 1.165) is 12.1 Å². The minimum absolute atomic E-state index is 0.312. The summed E-state index contributed by atoms with van der Waals surface area (Å²) in [5, 5.41) is 0. The summed E-state index contributed by atoms with van der Waals surface area (Å²) in [4.78, 5) is 31.0. The van der Waals surface area contributed by atoms with Crippen LogP contribution in [0.1, 0.15) is 5.56 Å². The van der Waals surface area contributed by atoms with Crippen molar-refractivity contribution in [2.24, 2.45) is 0 Å². The molecule has 6 nitrogen and oxygen atoms in total. The zero-order valence-corrected chi connectivity index (χ0v) is 16.5. The SMILES string of the molecule is COc1cccc(N2C(=O)C=C(N(CCN(C)C)Cc3ccccc3)C2=O)c1. The molecule has 1 aliphatic rings. The molecule has 1 heterocycles. The summed E-state index contributed by atoms with van der Waals surface area (Å²) in [6.07, 6.45) is 1.43. The Balaban J connectivity index is 1.86. The normalized spacial score (nSPS) is 13.9. The van der Waals surface area contributed by atoms with Crippen LogP contribution in [0.4, 0.5) is 5.69 Å². The van der Waals surface area contributed by atoms with Gasteiger partial charge in [-0.2, -0.15) is 0 Å².